The summed E-state index contributed by atoms with van der Waals surface area (Å²) in [6.07, 6.45) is 1.16. The lowest BCUT2D eigenvalue weighted by Crippen LogP contribution is -2.39. The van der Waals surface area contributed by atoms with Gasteiger partial charge in [0.1, 0.15) is 9.84 Å². The number of carbonyl (C=O) groups excluding carboxylic acids is 1. The van der Waals surface area contributed by atoms with E-state index in [4.69, 9.17) is 5.73 Å². The number of hydrogen-bond donors (Lipinski definition) is 1. The van der Waals surface area contributed by atoms with Crippen molar-refractivity contribution in [1.29, 1.82) is 0 Å². The summed E-state index contributed by atoms with van der Waals surface area (Å²) in [5.41, 5.74) is 7.51. The predicted octanol–water partition coefficient (Wildman–Crippen LogP) is 1.50. The van der Waals surface area contributed by atoms with Crippen molar-refractivity contribution in [1.82, 2.24) is 4.90 Å². The summed E-state index contributed by atoms with van der Waals surface area (Å²) in [4.78, 5) is 13.8. The topological polar surface area (TPSA) is 80.5 Å². The molecule has 0 aliphatic carbocycles. The van der Waals surface area contributed by atoms with Crippen LogP contribution in [0.1, 0.15) is 22.8 Å². The van der Waals surface area contributed by atoms with Crippen LogP contribution in [0.4, 0.5) is 5.69 Å². The summed E-state index contributed by atoms with van der Waals surface area (Å²) in [6, 6.07) is 4.73. The average molecular weight is 321 g/mol. The molecule has 1 aromatic rings. The van der Waals surface area contributed by atoms with Crippen molar-refractivity contribution in [3.8, 4) is 0 Å². The molecule has 1 atom stereocenters. The Labute approximate surface area is 126 Å². The van der Waals surface area contributed by atoms with Crippen LogP contribution in [0, 0.1) is 6.92 Å². The molecule has 0 heterocycles. The van der Waals surface area contributed by atoms with E-state index in [1.54, 1.807) is 32.2 Å². The molecule has 20 heavy (non-hydrogen) atoms. The van der Waals surface area contributed by atoms with Gasteiger partial charge in [0.2, 0.25) is 0 Å². The zero-order valence-corrected chi connectivity index (χ0v) is 13.7. The number of rotatable bonds is 4. The Kier molecular flexibility index (Phi) is 6.50. The molecule has 0 radical (unpaired) electrons. The lowest BCUT2D eigenvalue weighted by atomic mass is 10.1. The molecule has 2 N–H and O–H groups in total. The number of aryl methyl sites for hydroxylation is 1. The van der Waals surface area contributed by atoms with Gasteiger partial charge >= 0.3 is 0 Å². The minimum Gasteiger partial charge on any atom is -0.399 e. The Balaban J connectivity index is 0.00000361. The van der Waals surface area contributed by atoms with E-state index in [9.17, 15) is 13.2 Å². The summed E-state index contributed by atoms with van der Waals surface area (Å²) in [7, 11) is -1.52. The Morgan fingerprint density at radius 2 is 1.95 bits per heavy atom. The minimum atomic E-state index is -3.12. The molecule has 0 spiro atoms. The molecular formula is C13H21ClN2O3S. The quantitative estimate of drug-likeness (QED) is 0.853. The second-order valence-electron chi connectivity index (χ2n) is 4.93. The largest absolute Gasteiger partial charge is 0.399 e. The van der Waals surface area contributed by atoms with E-state index in [1.165, 1.54) is 4.90 Å². The van der Waals surface area contributed by atoms with Crippen LogP contribution in [-0.2, 0) is 9.84 Å². The highest BCUT2D eigenvalue weighted by molar-refractivity contribution is 7.90. The number of hydrogen-bond acceptors (Lipinski definition) is 4. The van der Waals surface area contributed by atoms with E-state index >= 15 is 0 Å². The second kappa shape index (κ2) is 6.95. The summed E-state index contributed by atoms with van der Waals surface area (Å²) in [5, 5.41) is 0. The molecule has 0 aliphatic rings. The Morgan fingerprint density at radius 1 is 1.40 bits per heavy atom. The number of halogens is 1. The number of anilines is 1. The number of carbonyl (C=O) groups is 1. The summed E-state index contributed by atoms with van der Waals surface area (Å²) in [6.45, 7) is 3.53. The van der Waals surface area contributed by atoms with E-state index < -0.39 is 9.84 Å². The van der Waals surface area contributed by atoms with Crippen molar-refractivity contribution >= 4 is 33.8 Å². The van der Waals surface area contributed by atoms with Crippen molar-refractivity contribution in [3.63, 3.8) is 0 Å². The van der Waals surface area contributed by atoms with Crippen molar-refractivity contribution in [2.24, 2.45) is 0 Å². The Hall–Kier alpha value is -1.27. The maximum Gasteiger partial charge on any atom is 0.254 e. The number of nitrogens with two attached hydrogens (primary N) is 1. The van der Waals surface area contributed by atoms with Crippen LogP contribution in [0.5, 0.6) is 0 Å². The molecule has 1 rings (SSSR count). The third-order valence-corrected chi connectivity index (χ3v) is 4.11. The first-order valence-corrected chi connectivity index (χ1v) is 7.99. The van der Waals surface area contributed by atoms with Crippen LogP contribution in [0.2, 0.25) is 0 Å². The summed E-state index contributed by atoms with van der Waals surface area (Å²) >= 11 is 0. The molecule has 1 unspecified atom stereocenters. The van der Waals surface area contributed by atoms with Gasteiger partial charge in [0.15, 0.2) is 0 Å². The van der Waals surface area contributed by atoms with Gasteiger partial charge in [-0.3, -0.25) is 4.79 Å². The zero-order chi connectivity index (χ0) is 14.8. The fourth-order valence-corrected chi connectivity index (χ4v) is 2.91. The first-order valence-electron chi connectivity index (χ1n) is 5.93. The fourth-order valence-electron chi connectivity index (χ4n) is 1.81. The summed E-state index contributed by atoms with van der Waals surface area (Å²) < 4.78 is 22.5. The number of benzene rings is 1. The lowest BCUT2D eigenvalue weighted by molar-refractivity contribution is 0.0756. The Morgan fingerprint density at radius 3 is 2.45 bits per heavy atom. The van der Waals surface area contributed by atoms with Crippen LogP contribution in [0.15, 0.2) is 18.2 Å². The van der Waals surface area contributed by atoms with Crippen LogP contribution in [0.25, 0.3) is 0 Å². The van der Waals surface area contributed by atoms with Gasteiger partial charge in [-0.15, -0.1) is 12.4 Å². The molecule has 1 aromatic carbocycles. The van der Waals surface area contributed by atoms with Gasteiger partial charge in [-0.25, -0.2) is 8.42 Å². The van der Waals surface area contributed by atoms with Crippen LogP contribution in [0.3, 0.4) is 0 Å². The van der Waals surface area contributed by atoms with Crippen molar-refractivity contribution in [2.75, 3.05) is 24.8 Å². The van der Waals surface area contributed by atoms with Gasteiger partial charge < -0.3 is 10.6 Å². The molecule has 5 nitrogen and oxygen atoms in total. The minimum absolute atomic E-state index is 0. The third kappa shape index (κ3) is 5.02. The van der Waals surface area contributed by atoms with Crippen LogP contribution < -0.4 is 5.73 Å². The van der Waals surface area contributed by atoms with Gasteiger partial charge in [0.05, 0.1) is 5.75 Å². The normalized spacial score (nSPS) is 12.4. The molecule has 0 saturated heterocycles. The molecular weight excluding hydrogens is 300 g/mol. The van der Waals surface area contributed by atoms with Crippen molar-refractivity contribution in [2.45, 2.75) is 19.9 Å². The molecule has 0 aliphatic heterocycles. The fraction of sp³-hybridized carbons (Fsp3) is 0.462. The smallest absolute Gasteiger partial charge is 0.254 e. The van der Waals surface area contributed by atoms with Gasteiger partial charge in [-0.2, -0.15) is 0 Å². The lowest BCUT2D eigenvalue weighted by Gasteiger charge is -2.25. The first kappa shape index (κ1) is 18.7. The highest BCUT2D eigenvalue weighted by Gasteiger charge is 2.22. The third-order valence-electron chi connectivity index (χ3n) is 3.02. The van der Waals surface area contributed by atoms with E-state index in [2.05, 4.69) is 0 Å². The highest BCUT2D eigenvalue weighted by Crippen LogP contribution is 2.16. The van der Waals surface area contributed by atoms with Gasteiger partial charge in [0, 0.05) is 30.6 Å². The maximum absolute atomic E-state index is 12.3. The van der Waals surface area contributed by atoms with Gasteiger partial charge in [-0.05, 0) is 31.5 Å². The molecule has 0 aromatic heterocycles. The van der Waals surface area contributed by atoms with E-state index in [-0.39, 0.29) is 30.1 Å². The number of nitrogen functional groups attached to an aromatic ring is 1. The molecule has 7 heteroatoms. The maximum atomic E-state index is 12.3. The monoisotopic (exact) mass is 320 g/mol. The second-order valence-corrected chi connectivity index (χ2v) is 7.12. The van der Waals surface area contributed by atoms with E-state index in [0.717, 1.165) is 11.8 Å². The number of nitrogens with zero attached hydrogens (tertiary/aromatic N) is 1. The van der Waals surface area contributed by atoms with Crippen LogP contribution >= 0.6 is 12.4 Å². The number of sulfone groups is 1. The van der Waals surface area contributed by atoms with E-state index in [0.29, 0.717) is 11.3 Å². The summed E-state index contributed by atoms with van der Waals surface area (Å²) in [5.74, 6) is -0.280. The van der Waals surface area contributed by atoms with Crippen molar-refractivity contribution in [3.05, 3.63) is 29.3 Å². The first-order chi connectivity index (χ1) is 8.61. The van der Waals surface area contributed by atoms with Gasteiger partial charge in [0.25, 0.3) is 5.91 Å². The Bertz CT molecular complexity index is 587. The molecule has 0 fully saturated rings. The standard InChI is InChI=1S/C13H20N2O3S.ClH/c1-9-5-6-11(14)7-12(9)13(16)15(3)10(2)8-19(4,17)18;/h5-7,10H,8,14H2,1-4H3;1H. The molecule has 114 valence electrons. The zero-order valence-electron chi connectivity index (χ0n) is 12.1. The van der Waals surface area contributed by atoms with Gasteiger partial charge in [-0.1, -0.05) is 6.07 Å². The average Bonchev–Trinajstić information content (AvgIpc) is 2.28. The number of amides is 1. The van der Waals surface area contributed by atoms with E-state index in [1.807, 2.05) is 6.92 Å². The van der Waals surface area contributed by atoms with Crippen molar-refractivity contribution < 1.29 is 13.2 Å². The molecule has 0 bridgehead atoms. The molecule has 1 amide bonds. The SMILES string of the molecule is Cc1ccc(N)cc1C(=O)N(C)C(C)CS(C)(=O)=O.Cl. The highest BCUT2D eigenvalue weighted by atomic mass is 35.5. The molecule has 0 saturated carbocycles. The van der Waals surface area contributed by atoms with Crippen LogP contribution in [-0.4, -0.2) is 44.3 Å². The predicted molar refractivity (Wildman–Crippen MR) is 84.1 cm³/mol.